The third-order valence-electron chi connectivity index (χ3n) is 4.79. The van der Waals surface area contributed by atoms with Crippen LogP contribution in [0.5, 0.6) is 5.75 Å². The van der Waals surface area contributed by atoms with E-state index in [1.54, 1.807) is 0 Å². The van der Waals surface area contributed by atoms with Crippen molar-refractivity contribution in [3.05, 3.63) is 89.7 Å². The van der Waals surface area contributed by atoms with Crippen molar-refractivity contribution in [1.29, 1.82) is 0 Å². The van der Waals surface area contributed by atoms with Crippen LogP contribution in [0.25, 0.3) is 11.0 Å². The number of hydrogen-bond acceptors (Lipinski definition) is 3. The van der Waals surface area contributed by atoms with E-state index >= 15 is 0 Å². The Morgan fingerprint density at radius 3 is 2.59 bits per heavy atom. The molecule has 1 heterocycles. The van der Waals surface area contributed by atoms with Gasteiger partial charge in [-0.2, -0.15) is 0 Å². The summed E-state index contributed by atoms with van der Waals surface area (Å²) in [5.41, 5.74) is 4.74. The zero-order chi connectivity index (χ0) is 20.2. The molecule has 4 aromatic rings. The molecule has 1 amide bonds. The Morgan fingerprint density at radius 2 is 1.76 bits per heavy atom. The van der Waals surface area contributed by atoms with Gasteiger partial charge in [0.05, 0.1) is 11.0 Å². The van der Waals surface area contributed by atoms with Crippen LogP contribution in [-0.2, 0) is 17.9 Å². The number of aryl methyl sites for hydroxylation is 2. The molecule has 0 aliphatic carbocycles. The number of carbonyl (C=O) groups is 1. The van der Waals surface area contributed by atoms with E-state index < -0.39 is 0 Å². The zero-order valence-electron chi connectivity index (χ0n) is 16.6. The first-order chi connectivity index (χ1) is 14.1. The Morgan fingerprint density at radius 1 is 1.00 bits per heavy atom. The highest BCUT2D eigenvalue weighted by atomic mass is 16.5. The summed E-state index contributed by atoms with van der Waals surface area (Å²) in [5.74, 6) is 1.44. The molecule has 0 aliphatic rings. The maximum atomic E-state index is 12.6. The molecule has 0 atom stereocenters. The highest BCUT2D eigenvalue weighted by molar-refractivity contribution is 5.91. The molecular formula is C24H23N3O2. The smallest absolute Gasteiger partial charge is 0.244 e. The third kappa shape index (κ3) is 4.29. The minimum Gasteiger partial charge on any atom is -0.485 e. The zero-order valence-corrected chi connectivity index (χ0v) is 16.6. The lowest BCUT2D eigenvalue weighted by atomic mass is 10.1. The van der Waals surface area contributed by atoms with Gasteiger partial charge in [-0.1, -0.05) is 42.5 Å². The number of imidazole rings is 1. The molecule has 1 aromatic heterocycles. The molecule has 0 saturated heterocycles. The van der Waals surface area contributed by atoms with Gasteiger partial charge in [0.15, 0.2) is 0 Å². The SMILES string of the molecule is Cc1ccc(C)c(OCc2nc3ccccc3n2CC(=O)Nc2ccccc2)c1. The monoisotopic (exact) mass is 385 g/mol. The fourth-order valence-corrected chi connectivity index (χ4v) is 3.28. The number of para-hydroxylation sites is 3. The molecule has 1 N–H and O–H groups in total. The van der Waals surface area contributed by atoms with Crippen LogP contribution in [0.4, 0.5) is 5.69 Å². The number of anilines is 1. The second kappa shape index (κ2) is 8.19. The number of nitrogens with zero attached hydrogens (tertiary/aromatic N) is 2. The predicted molar refractivity (Wildman–Crippen MR) is 115 cm³/mol. The first kappa shape index (κ1) is 18.7. The van der Waals surface area contributed by atoms with Crippen LogP contribution >= 0.6 is 0 Å². The van der Waals surface area contributed by atoms with E-state index in [9.17, 15) is 4.79 Å². The number of benzene rings is 3. The van der Waals surface area contributed by atoms with Gasteiger partial charge in [-0.3, -0.25) is 4.79 Å². The molecular weight excluding hydrogens is 362 g/mol. The first-order valence-corrected chi connectivity index (χ1v) is 9.59. The van der Waals surface area contributed by atoms with Crippen LogP contribution in [0.1, 0.15) is 17.0 Å². The van der Waals surface area contributed by atoms with Crippen LogP contribution in [0, 0.1) is 13.8 Å². The molecule has 3 aromatic carbocycles. The molecule has 0 aliphatic heterocycles. The number of rotatable bonds is 6. The van der Waals surface area contributed by atoms with Gasteiger partial charge in [-0.05, 0) is 55.3 Å². The van der Waals surface area contributed by atoms with Crippen molar-refractivity contribution in [3.63, 3.8) is 0 Å². The first-order valence-electron chi connectivity index (χ1n) is 9.59. The number of aromatic nitrogens is 2. The van der Waals surface area contributed by atoms with Crippen molar-refractivity contribution in [2.75, 3.05) is 5.32 Å². The summed E-state index contributed by atoms with van der Waals surface area (Å²) in [5, 5.41) is 2.93. The lowest BCUT2D eigenvalue weighted by molar-refractivity contribution is -0.116. The minimum absolute atomic E-state index is 0.104. The fraction of sp³-hybridized carbons (Fsp3) is 0.167. The summed E-state index contributed by atoms with van der Waals surface area (Å²) < 4.78 is 7.97. The Hall–Kier alpha value is -3.60. The summed E-state index contributed by atoms with van der Waals surface area (Å²) in [6.45, 7) is 4.51. The van der Waals surface area contributed by atoms with Crippen LogP contribution < -0.4 is 10.1 Å². The van der Waals surface area contributed by atoms with Gasteiger partial charge in [-0.25, -0.2) is 4.98 Å². The average molecular weight is 385 g/mol. The maximum absolute atomic E-state index is 12.6. The molecule has 0 bridgehead atoms. The van der Waals surface area contributed by atoms with Crippen molar-refractivity contribution in [1.82, 2.24) is 9.55 Å². The highest BCUT2D eigenvalue weighted by Gasteiger charge is 2.15. The van der Waals surface area contributed by atoms with Crippen molar-refractivity contribution >= 4 is 22.6 Å². The quantitative estimate of drug-likeness (QED) is 0.515. The molecule has 0 fully saturated rings. The van der Waals surface area contributed by atoms with Gasteiger partial charge in [0, 0.05) is 5.69 Å². The van der Waals surface area contributed by atoms with E-state index in [1.165, 1.54) is 0 Å². The summed E-state index contributed by atoms with van der Waals surface area (Å²) in [7, 11) is 0. The van der Waals surface area contributed by atoms with Crippen LogP contribution in [0.3, 0.4) is 0 Å². The molecule has 5 heteroatoms. The summed E-state index contributed by atoms with van der Waals surface area (Å²) >= 11 is 0. The topological polar surface area (TPSA) is 56.2 Å². The number of amides is 1. The lowest BCUT2D eigenvalue weighted by Gasteiger charge is -2.12. The Balaban J connectivity index is 1.58. The average Bonchev–Trinajstić information content (AvgIpc) is 3.07. The van der Waals surface area contributed by atoms with Crippen LogP contribution in [-0.4, -0.2) is 15.5 Å². The highest BCUT2D eigenvalue weighted by Crippen LogP contribution is 2.22. The van der Waals surface area contributed by atoms with Gasteiger partial charge in [-0.15, -0.1) is 0 Å². The van der Waals surface area contributed by atoms with E-state index in [-0.39, 0.29) is 19.1 Å². The molecule has 29 heavy (non-hydrogen) atoms. The molecule has 0 radical (unpaired) electrons. The second-order valence-electron chi connectivity index (χ2n) is 7.07. The van der Waals surface area contributed by atoms with E-state index in [0.717, 1.165) is 39.4 Å². The molecule has 4 rings (SSSR count). The number of nitrogens with one attached hydrogen (secondary N) is 1. The third-order valence-corrected chi connectivity index (χ3v) is 4.79. The largest absolute Gasteiger partial charge is 0.485 e. The lowest BCUT2D eigenvalue weighted by Crippen LogP contribution is -2.20. The van der Waals surface area contributed by atoms with Crippen molar-refractivity contribution < 1.29 is 9.53 Å². The van der Waals surface area contributed by atoms with Gasteiger partial charge < -0.3 is 14.6 Å². The van der Waals surface area contributed by atoms with Crippen LogP contribution in [0.2, 0.25) is 0 Å². The van der Waals surface area contributed by atoms with E-state index in [1.807, 2.05) is 85.1 Å². The molecule has 0 saturated carbocycles. The van der Waals surface area contributed by atoms with Gasteiger partial charge >= 0.3 is 0 Å². The van der Waals surface area contributed by atoms with E-state index in [4.69, 9.17) is 9.72 Å². The van der Waals surface area contributed by atoms with Gasteiger partial charge in [0.25, 0.3) is 0 Å². The number of carbonyl (C=O) groups excluding carboxylic acids is 1. The van der Waals surface area contributed by atoms with Crippen molar-refractivity contribution in [2.45, 2.75) is 27.0 Å². The van der Waals surface area contributed by atoms with Gasteiger partial charge in [0.2, 0.25) is 5.91 Å². The Bertz CT molecular complexity index is 1150. The number of hydrogen-bond donors (Lipinski definition) is 1. The maximum Gasteiger partial charge on any atom is 0.244 e. The van der Waals surface area contributed by atoms with Crippen molar-refractivity contribution in [3.8, 4) is 5.75 Å². The molecule has 146 valence electrons. The van der Waals surface area contributed by atoms with E-state index in [0.29, 0.717) is 0 Å². The standard InChI is InChI=1S/C24H23N3O2/c1-17-12-13-18(2)22(14-17)29-16-23-26-20-10-6-7-11-21(20)27(23)15-24(28)25-19-8-4-3-5-9-19/h3-14H,15-16H2,1-2H3,(H,25,28). The van der Waals surface area contributed by atoms with Crippen molar-refractivity contribution in [2.24, 2.45) is 0 Å². The summed E-state index contributed by atoms with van der Waals surface area (Å²) in [4.78, 5) is 17.3. The number of fused-ring (bicyclic) bond motifs is 1. The molecule has 0 spiro atoms. The summed E-state index contributed by atoms with van der Waals surface area (Å²) in [6, 6.07) is 23.4. The Labute approximate surface area is 170 Å². The second-order valence-corrected chi connectivity index (χ2v) is 7.07. The van der Waals surface area contributed by atoms with Gasteiger partial charge in [0.1, 0.15) is 24.7 Å². The number of ether oxygens (including phenoxy) is 1. The fourth-order valence-electron chi connectivity index (χ4n) is 3.28. The normalized spacial score (nSPS) is 10.8. The Kier molecular flexibility index (Phi) is 5.29. The van der Waals surface area contributed by atoms with Crippen LogP contribution in [0.15, 0.2) is 72.8 Å². The summed E-state index contributed by atoms with van der Waals surface area (Å²) in [6.07, 6.45) is 0. The predicted octanol–water partition coefficient (Wildman–Crippen LogP) is 4.87. The van der Waals surface area contributed by atoms with E-state index in [2.05, 4.69) is 11.4 Å². The molecule has 0 unspecified atom stereocenters. The molecule has 5 nitrogen and oxygen atoms in total. The minimum atomic E-state index is -0.104.